The number of phosphoric acid groups is 1. The van der Waals surface area contributed by atoms with E-state index in [1.54, 1.807) is 0 Å². The van der Waals surface area contributed by atoms with Crippen molar-refractivity contribution in [2.45, 2.75) is 0 Å². The van der Waals surface area contributed by atoms with Gasteiger partial charge in [0.25, 0.3) is 0 Å². The summed E-state index contributed by atoms with van der Waals surface area (Å²) in [6.45, 7) is 0. The Bertz CT molecular complexity index is 77.2. The van der Waals surface area contributed by atoms with Crippen molar-refractivity contribution in [3.05, 3.63) is 0 Å². The van der Waals surface area contributed by atoms with Gasteiger partial charge in [-0.05, 0) is 0 Å². The van der Waals surface area contributed by atoms with Crippen LogP contribution in [0.3, 0.4) is 0 Å². The molecule has 0 amide bonds. The van der Waals surface area contributed by atoms with Crippen LogP contribution in [0.1, 0.15) is 2.85 Å². The molecule has 0 atom stereocenters. The van der Waals surface area contributed by atoms with Gasteiger partial charge in [-0.1, -0.05) is 0 Å². The summed E-state index contributed by atoms with van der Waals surface area (Å²) in [5, 5.41) is 0. The minimum absolute atomic E-state index is 0. The zero-order valence-corrected chi connectivity index (χ0v) is 9.61. The van der Waals surface area contributed by atoms with E-state index in [1.807, 2.05) is 0 Å². The van der Waals surface area contributed by atoms with Crippen molar-refractivity contribution in [1.82, 2.24) is 0 Å². The van der Waals surface area contributed by atoms with E-state index >= 15 is 0 Å². The molecule has 10 heteroatoms. The third-order valence-corrected chi connectivity index (χ3v) is 0. The van der Waals surface area contributed by atoms with Crippen LogP contribution in [0.5, 0.6) is 0 Å². The van der Waals surface area contributed by atoms with Crippen molar-refractivity contribution in [2.75, 3.05) is 0 Å². The molecular weight excluding hydrogens is 252 g/mol. The van der Waals surface area contributed by atoms with Crippen molar-refractivity contribution in [3.63, 3.8) is 0 Å². The molecule has 0 unspecified atom stereocenters. The molecule has 3 N–H and O–H groups in total. The molecule has 10 heavy (non-hydrogen) atoms. The summed E-state index contributed by atoms with van der Waals surface area (Å²) >= 11 is 0. The molecule has 0 rings (SSSR count). The van der Waals surface area contributed by atoms with Gasteiger partial charge in [0.2, 0.25) is 0 Å². The van der Waals surface area contributed by atoms with E-state index in [2.05, 4.69) is 0 Å². The van der Waals surface area contributed by atoms with Crippen molar-refractivity contribution < 1.29 is 94.0 Å². The summed E-state index contributed by atoms with van der Waals surface area (Å²) in [4.78, 5) is 21.6. The second-order valence-corrected chi connectivity index (χ2v) is 1.54. The number of rotatable bonds is 0. The molecule has 0 fully saturated rings. The SMILES string of the molecule is O=P(O)(O)O.S.[Fe].[H-].[H-].[Li+].[Li+].[Mn]. The van der Waals surface area contributed by atoms with E-state index in [0.29, 0.717) is 0 Å². The molecule has 0 aliphatic rings. The first kappa shape index (κ1) is 38.7. The smallest absolute Gasteiger partial charge is 1.00 e. The molecule has 0 aromatic rings. The fourth-order valence-corrected chi connectivity index (χ4v) is 0. The van der Waals surface area contributed by atoms with Gasteiger partial charge in [-0.2, -0.15) is 13.5 Å². The van der Waals surface area contributed by atoms with Gasteiger partial charge < -0.3 is 17.5 Å². The molecule has 0 spiro atoms. The molecule has 0 heterocycles. The zero-order chi connectivity index (χ0) is 4.50. The minimum atomic E-state index is -4.64. The average Bonchev–Trinajstić information content (AvgIpc) is 0.722. The van der Waals surface area contributed by atoms with Crippen molar-refractivity contribution >= 4 is 21.3 Å². The van der Waals surface area contributed by atoms with E-state index in [1.165, 1.54) is 0 Å². The molecule has 0 aromatic carbocycles. The van der Waals surface area contributed by atoms with Crippen LogP contribution in [-0.2, 0) is 38.7 Å². The van der Waals surface area contributed by atoms with Crippen LogP contribution in [0.4, 0.5) is 0 Å². The Morgan fingerprint density at radius 3 is 1.10 bits per heavy atom. The maximum absolute atomic E-state index is 8.88. The molecule has 0 bridgehead atoms. The van der Waals surface area contributed by atoms with Crippen molar-refractivity contribution in [2.24, 2.45) is 0 Å². The summed E-state index contributed by atoms with van der Waals surface area (Å²) in [5.41, 5.74) is 0. The molecule has 0 aliphatic carbocycles. The van der Waals surface area contributed by atoms with Crippen LogP contribution in [0.2, 0.25) is 0 Å². The largest absolute Gasteiger partial charge is 1.00 e. The number of hydrogen-bond donors (Lipinski definition) is 3. The second-order valence-electron chi connectivity index (χ2n) is 0.513. The fraction of sp³-hybridized carbons (Fsp3) is 0. The Hall–Kier alpha value is 2.69. The summed E-state index contributed by atoms with van der Waals surface area (Å²) in [6.07, 6.45) is 0. The van der Waals surface area contributed by atoms with E-state index in [-0.39, 0.29) is 88.2 Å². The normalized spacial score (nSPS) is 5.90. The van der Waals surface area contributed by atoms with Gasteiger partial charge in [-0.3, -0.25) is 0 Å². The molecule has 0 saturated carbocycles. The molecule has 59 valence electrons. The van der Waals surface area contributed by atoms with Crippen LogP contribution in [-0.4, -0.2) is 14.7 Å². The first-order chi connectivity index (χ1) is 2.00. The first-order valence-electron chi connectivity index (χ1n) is 0.783. The zero-order valence-electron chi connectivity index (χ0n) is 7.43. The fourth-order valence-electron chi connectivity index (χ4n) is 0. The minimum Gasteiger partial charge on any atom is -1.00 e. The maximum atomic E-state index is 8.88. The Labute approximate surface area is 114 Å². The molecular formula is H7FeLi2MnO4PS. The van der Waals surface area contributed by atoms with Crippen LogP contribution in [0.15, 0.2) is 0 Å². The van der Waals surface area contributed by atoms with Crippen LogP contribution in [0.25, 0.3) is 0 Å². The van der Waals surface area contributed by atoms with Gasteiger partial charge in [0, 0.05) is 34.1 Å². The summed E-state index contributed by atoms with van der Waals surface area (Å²) in [6, 6.07) is 0. The van der Waals surface area contributed by atoms with E-state index < -0.39 is 7.82 Å². The molecule has 0 aromatic heterocycles. The maximum Gasteiger partial charge on any atom is 1.00 e. The Morgan fingerprint density at radius 1 is 1.10 bits per heavy atom. The Morgan fingerprint density at radius 2 is 1.10 bits per heavy atom. The monoisotopic (exact) mass is 259 g/mol. The quantitative estimate of drug-likeness (QED) is 0.298. The number of hydrogen-bond acceptors (Lipinski definition) is 1. The van der Waals surface area contributed by atoms with Crippen molar-refractivity contribution in [3.8, 4) is 0 Å². The standard InChI is InChI=1S/Fe.2Li.Mn.H3O4P.H2S.2H/c;;;;1-5(2,3)4;;;/h;;;;(H3,1,2,3,4);1H2;;/q;2*+1;;;;2*-1. The van der Waals surface area contributed by atoms with Gasteiger partial charge >= 0.3 is 45.5 Å². The topological polar surface area (TPSA) is 77.8 Å². The molecule has 4 nitrogen and oxygen atoms in total. The first-order valence-corrected chi connectivity index (χ1v) is 2.35. The summed E-state index contributed by atoms with van der Waals surface area (Å²) in [5.74, 6) is 0. The van der Waals surface area contributed by atoms with Gasteiger partial charge in [-0.25, -0.2) is 4.57 Å². The molecule has 0 saturated heterocycles. The molecule has 1 radical (unpaired) electrons. The van der Waals surface area contributed by atoms with Gasteiger partial charge in [-0.15, -0.1) is 0 Å². The summed E-state index contributed by atoms with van der Waals surface area (Å²) in [7, 11) is -4.64. The average molecular weight is 259 g/mol. The second kappa shape index (κ2) is 17.7. The van der Waals surface area contributed by atoms with Gasteiger partial charge in [0.05, 0.1) is 0 Å². The van der Waals surface area contributed by atoms with E-state index in [9.17, 15) is 0 Å². The third kappa shape index (κ3) is 138. The predicted molar refractivity (Wildman–Crippen MR) is 26.9 cm³/mol. The Kier molecular flexibility index (Phi) is 68.5. The van der Waals surface area contributed by atoms with E-state index in [4.69, 9.17) is 19.2 Å². The van der Waals surface area contributed by atoms with Gasteiger partial charge in [0.15, 0.2) is 0 Å². The third-order valence-electron chi connectivity index (χ3n) is 0. The summed E-state index contributed by atoms with van der Waals surface area (Å²) < 4.78 is 8.88. The molecule has 0 aliphatic heterocycles. The van der Waals surface area contributed by atoms with Gasteiger partial charge in [0.1, 0.15) is 0 Å². The van der Waals surface area contributed by atoms with Crippen LogP contribution < -0.4 is 37.7 Å². The van der Waals surface area contributed by atoms with E-state index in [0.717, 1.165) is 0 Å². The predicted octanol–water partition coefficient (Wildman–Crippen LogP) is -6.59. The Balaban J connectivity index is -0.00000000381. The van der Waals surface area contributed by atoms with Crippen LogP contribution in [0, 0.1) is 0 Å². The van der Waals surface area contributed by atoms with Crippen LogP contribution >= 0.6 is 21.3 Å². The van der Waals surface area contributed by atoms with Crippen molar-refractivity contribution in [1.29, 1.82) is 0 Å².